The summed E-state index contributed by atoms with van der Waals surface area (Å²) < 4.78 is 43.9. The molecule has 1 heterocycles. The third-order valence-electron chi connectivity index (χ3n) is 3.96. The number of hydrogen-bond acceptors (Lipinski definition) is 5. The predicted octanol–water partition coefficient (Wildman–Crippen LogP) is 4.56. The van der Waals surface area contributed by atoms with E-state index in [-0.39, 0.29) is 21.9 Å². The van der Waals surface area contributed by atoms with Crippen LogP contribution < -0.4 is 9.72 Å². The van der Waals surface area contributed by atoms with E-state index in [9.17, 15) is 12.8 Å². The standard InChI is InChI=1S/C19H12ClFN2O4S/c20-15-7-4-8-17-18(15)19(22-26-17)14-11-12(21)9-10-16(14)27-23-28(24,25)13-5-2-1-3-6-13/h1-11,23H. The summed E-state index contributed by atoms with van der Waals surface area (Å²) in [5.41, 5.74) is 0.819. The smallest absolute Gasteiger partial charge is 0.271 e. The molecule has 28 heavy (non-hydrogen) atoms. The lowest BCUT2D eigenvalue weighted by Gasteiger charge is -2.11. The molecular weight excluding hydrogens is 407 g/mol. The van der Waals surface area contributed by atoms with Crippen molar-refractivity contribution in [2.45, 2.75) is 4.90 Å². The Morgan fingerprint density at radius 3 is 2.61 bits per heavy atom. The molecule has 9 heteroatoms. The van der Waals surface area contributed by atoms with Crippen LogP contribution >= 0.6 is 11.6 Å². The number of nitrogens with one attached hydrogen (secondary N) is 1. The van der Waals surface area contributed by atoms with Crippen LogP contribution in [0.5, 0.6) is 5.75 Å². The van der Waals surface area contributed by atoms with E-state index in [0.717, 1.165) is 12.1 Å². The van der Waals surface area contributed by atoms with Crippen molar-refractivity contribution in [3.8, 4) is 17.0 Å². The Bertz CT molecular complexity index is 1260. The summed E-state index contributed by atoms with van der Waals surface area (Å²) in [5.74, 6) is -0.521. The first-order chi connectivity index (χ1) is 13.5. The normalized spacial score (nSPS) is 11.6. The van der Waals surface area contributed by atoms with Crippen LogP contribution in [0.3, 0.4) is 0 Å². The molecule has 0 saturated carbocycles. The first-order valence-electron chi connectivity index (χ1n) is 8.03. The Balaban J connectivity index is 1.74. The third-order valence-corrected chi connectivity index (χ3v) is 5.47. The van der Waals surface area contributed by atoms with Crippen LogP contribution in [0.2, 0.25) is 5.02 Å². The summed E-state index contributed by atoms with van der Waals surface area (Å²) >= 11 is 6.23. The largest absolute Gasteiger partial charge is 0.393 e. The maximum Gasteiger partial charge on any atom is 0.271 e. The molecule has 0 saturated heterocycles. The third kappa shape index (κ3) is 3.45. The van der Waals surface area contributed by atoms with Crippen LogP contribution in [-0.2, 0) is 10.0 Å². The first-order valence-corrected chi connectivity index (χ1v) is 9.89. The van der Waals surface area contributed by atoms with E-state index in [0.29, 0.717) is 16.0 Å². The fourth-order valence-corrected chi connectivity index (χ4v) is 3.72. The number of sulfonamides is 1. The van der Waals surface area contributed by atoms with Gasteiger partial charge in [0, 0.05) is 0 Å². The van der Waals surface area contributed by atoms with Gasteiger partial charge in [-0.3, -0.25) is 0 Å². The van der Waals surface area contributed by atoms with Gasteiger partial charge in [0.25, 0.3) is 10.0 Å². The highest BCUT2D eigenvalue weighted by Gasteiger charge is 2.20. The van der Waals surface area contributed by atoms with Gasteiger partial charge < -0.3 is 9.36 Å². The van der Waals surface area contributed by atoms with Gasteiger partial charge in [0.15, 0.2) is 11.3 Å². The van der Waals surface area contributed by atoms with Crippen LogP contribution in [0, 0.1) is 5.82 Å². The molecule has 0 aliphatic rings. The van der Waals surface area contributed by atoms with Crippen LogP contribution in [0.4, 0.5) is 4.39 Å². The average molecular weight is 419 g/mol. The molecule has 0 amide bonds. The maximum absolute atomic E-state index is 13.9. The summed E-state index contributed by atoms with van der Waals surface area (Å²) in [6, 6.07) is 16.3. The van der Waals surface area contributed by atoms with E-state index in [1.807, 2.05) is 4.89 Å². The highest BCUT2D eigenvalue weighted by atomic mass is 35.5. The van der Waals surface area contributed by atoms with Crippen molar-refractivity contribution in [1.29, 1.82) is 0 Å². The number of benzene rings is 3. The average Bonchev–Trinajstić information content (AvgIpc) is 3.13. The molecule has 0 unspecified atom stereocenters. The van der Waals surface area contributed by atoms with Gasteiger partial charge in [-0.1, -0.05) is 41.0 Å². The molecule has 0 aliphatic carbocycles. The second kappa shape index (κ2) is 7.23. The zero-order chi connectivity index (χ0) is 19.7. The van der Waals surface area contributed by atoms with Gasteiger partial charge in [-0.15, -0.1) is 0 Å². The minimum Gasteiger partial charge on any atom is -0.393 e. The highest BCUT2D eigenvalue weighted by Crippen LogP contribution is 2.38. The lowest BCUT2D eigenvalue weighted by Crippen LogP contribution is -2.27. The molecule has 0 atom stereocenters. The van der Waals surface area contributed by atoms with E-state index < -0.39 is 15.8 Å². The number of rotatable bonds is 5. The molecule has 0 spiro atoms. The first kappa shape index (κ1) is 18.4. The van der Waals surface area contributed by atoms with Gasteiger partial charge in [0.05, 0.1) is 20.9 Å². The zero-order valence-corrected chi connectivity index (χ0v) is 15.7. The van der Waals surface area contributed by atoms with Gasteiger partial charge in [-0.25, -0.2) is 12.8 Å². The van der Waals surface area contributed by atoms with Crippen LogP contribution in [0.15, 0.2) is 76.1 Å². The summed E-state index contributed by atoms with van der Waals surface area (Å²) in [6.45, 7) is 0. The number of aromatic nitrogens is 1. The Hall–Kier alpha value is -2.94. The Kier molecular flexibility index (Phi) is 4.76. The summed E-state index contributed by atoms with van der Waals surface area (Å²) in [7, 11) is -3.94. The second-order valence-electron chi connectivity index (χ2n) is 5.79. The van der Waals surface area contributed by atoms with Crippen molar-refractivity contribution in [1.82, 2.24) is 10.0 Å². The molecule has 3 aromatic carbocycles. The number of hydrogen-bond donors (Lipinski definition) is 1. The van der Waals surface area contributed by atoms with Crippen molar-refractivity contribution in [2.24, 2.45) is 0 Å². The molecule has 0 fully saturated rings. The number of fused-ring (bicyclic) bond motifs is 1. The van der Waals surface area contributed by atoms with Crippen molar-refractivity contribution < 1.29 is 22.2 Å². The topological polar surface area (TPSA) is 81.4 Å². The number of halogens is 2. The quantitative estimate of drug-likeness (QED) is 0.480. The molecular formula is C19H12ClFN2O4S. The van der Waals surface area contributed by atoms with E-state index in [1.165, 1.54) is 18.2 Å². The summed E-state index contributed by atoms with van der Waals surface area (Å²) in [4.78, 5) is 7.35. The molecule has 0 aliphatic heterocycles. The monoisotopic (exact) mass is 418 g/mol. The highest BCUT2D eigenvalue weighted by molar-refractivity contribution is 7.89. The van der Waals surface area contributed by atoms with Crippen molar-refractivity contribution in [3.63, 3.8) is 0 Å². The Morgan fingerprint density at radius 1 is 1.04 bits per heavy atom. The SMILES string of the molecule is O=S(=O)(NOc1ccc(F)cc1-c1noc2cccc(Cl)c12)c1ccccc1. The molecule has 0 bridgehead atoms. The van der Waals surface area contributed by atoms with Gasteiger partial charge >= 0.3 is 0 Å². The Labute approximate surface area is 164 Å². The number of nitrogens with zero attached hydrogens (tertiary/aromatic N) is 1. The molecule has 142 valence electrons. The summed E-state index contributed by atoms with van der Waals surface area (Å²) in [5, 5.41) is 4.77. The maximum atomic E-state index is 13.9. The minimum atomic E-state index is -3.94. The molecule has 1 N–H and O–H groups in total. The molecule has 0 radical (unpaired) electrons. The fraction of sp³-hybridized carbons (Fsp3) is 0. The molecule has 6 nitrogen and oxygen atoms in total. The zero-order valence-electron chi connectivity index (χ0n) is 14.1. The van der Waals surface area contributed by atoms with Gasteiger partial charge in [0.2, 0.25) is 0 Å². The second-order valence-corrected chi connectivity index (χ2v) is 7.84. The van der Waals surface area contributed by atoms with E-state index in [1.54, 1.807) is 36.4 Å². The van der Waals surface area contributed by atoms with Crippen LogP contribution in [0.1, 0.15) is 0 Å². The van der Waals surface area contributed by atoms with Gasteiger partial charge in [0.1, 0.15) is 11.5 Å². The Morgan fingerprint density at radius 2 is 1.82 bits per heavy atom. The van der Waals surface area contributed by atoms with Gasteiger partial charge in [-0.2, -0.15) is 0 Å². The molecule has 1 aromatic heterocycles. The van der Waals surface area contributed by atoms with E-state index >= 15 is 0 Å². The molecule has 4 aromatic rings. The van der Waals surface area contributed by atoms with Gasteiger partial charge in [-0.05, 0) is 47.3 Å². The van der Waals surface area contributed by atoms with Crippen molar-refractivity contribution >= 4 is 32.6 Å². The van der Waals surface area contributed by atoms with Crippen molar-refractivity contribution in [2.75, 3.05) is 0 Å². The lowest BCUT2D eigenvalue weighted by molar-refractivity contribution is 0.269. The van der Waals surface area contributed by atoms with E-state index in [2.05, 4.69) is 5.16 Å². The summed E-state index contributed by atoms with van der Waals surface area (Å²) in [6.07, 6.45) is 0. The van der Waals surface area contributed by atoms with E-state index in [4.69, 9.17) is 21.0 Å². The minimum absolute atomic E-state index is 0.0218. The fourth-order valence-electron chi connectivity index (χ4n) is 2.66. The van der Waals surface area contributed by atoms with Crippen LogP contribution in [-0.4, -0.2) is 13.6 Å². The predicted molar refractivity (Wildman–Crippen MR) is 102 cm³/mol. The van der Waals surface area contributed by atoms with Crippen molar-refractivity contribution in [3.05, 3.63) is 77.6 Å². The molecule has 4 rings (SSSR count). The lowest BCUT2D eigenvalue weighted by atomic mass is 10.1. The van der Waals surface area contributed by atoms with Crippen LogP contribution in [0.25, 0.3) is 22.2 Å².